The average Bonchev–Trinajstić information content (AvgIpc) is 2.88. The van der Waals surface area contributed by atoms with Gasteiger partial charge in [0.1, 0.15) is 11.9 Å². The molecule has 8 heteroatoms. The molecule has 4 rings (SSSR count). The van der Waals surface area contributed by atoms with E-state index >= 15 is 0 Å². The van der Waals surface area contributed by atoms with Crippen LogP contribution in [0.25, 0.3) is 0 Å². The van der Waals surface area contributed by atoms with Crippen LogP contribution in [0.15, 0.2) is 48.5 Å². The summed E-state index contributed by atoms with van der Waals surface area (Å²) in [6.07, 6.45) is 1.20. The summed E-state index contributed by atoms with van der Waals surface area (Å²) in [6, 6.07) is 12.0. The zero-order valence-corrected chi connectivity index (χ0v) is 19.3. The van der Waals surface area contributed by atoms with Crippen molar-refractivity contribution in [1.29, 1.82) is 0 Å². The minimum absolute atomic E-state index is 0.0233. The Labute approximate surface area is 198 Å². The number of likely N-dealkylation sites (tertiary alicyclic amines) is 1. The second-order valence-electron chi connectivity index (χ2n) is 8.89. The molecule has 34 heavy (non-hydrogen) atoms. The van der Waals surface area contributed by atoms with Crippen molar-refractivity contribution in [3.63, 3.8) is 0 Å². The fourth-order valence-electron chi connectivity index (χ4n) is 4.50. The van der Waals surface area contributed by atoms with Gasteiger partial charge in [-0.15, -0.1) is 0 Å². The Hall–Kier alpha value is -3.26. The van der Waals surface area contributed by atoms with E-state index in [2.05, 4.69) is 5.32 Å². The lowest BCUT2D eigenvalue weighted by Gasteiger charge is -2.38. The van der Waals surface area contributed by atoms with Gasteiger partial charge in [0, 0.05) is 37.3 Å². The van der Waals surface area contributed by atoms with Crippen LogP contribution in [-0.4, -0.2) is 73.0 Å². The number of hydrogen-bond acceptors (Lipinski definition) is 4. The molecule has 0 aliphatic carbocycles. The number of piperidine rings is 1. The third-order valence-electron chi connectivity index (χ3n) is 6.58. The third-order valence-corrected chi connectivity index (χ3v) is 6.58. The molecule has 3 amide bonds. The topological polar surface area (TPSA) is 79.0 Å². The number of aryl methyl sites for hydroxylation is 1. The van der Waals surface area contributed by atoms with Gasteiger partial charge in [-0.05, 0) is 62.1 Å². The van der Waals surface area contributed by atoms with Crippen LogP contribution in [0.2, 0.25) is 0 Å². The van der Waals surface area contributed by atoms with Crippen molar-refractivity contribution in [2.45, 2.75) is 25.8 Å². The highest BCUT2D eigenvalue weighted by Crippen LogP contribution is 2.24. The van der Waals surface area contributed by atoms with E-state index in [0.717, 1.165) is 5.56 Å². The maximum Gasteiger partial charge on any atom is 0.253 e. The zero-order valence-electron chi connectivity index (χ0n) is 19.3. The molecule has 2 heterocycles. The molecule has 2 aromatic rings. The number of nitrogens with zero attached hydrogens (tertiary/aromatic N) is 2. The molecule has 7 nitrogen and oxygen atoms in total. The lowest BCUT2D eigenvalue weighted by molar-refractivity contribution is -0.139. The summed E-state index contributed by atoms with van der Waals surface area (Å²) in [5.41, 5.74) is 2.04. The van der Waals surface area contributed by atoms with Crippen molar-refractivity contribution < 1.29 is 23.5 Å². The van der Waals surface area contributed by atoms with Crippen molar-refractivity contribution in [1.82, 2.24) is 15.1 Å². The van der Waals surface area contributed by atoms with Gasteiger partial charge in [-0.3, -0.25) is 14.4 Å². The van der Waals surface area contributed by atoms with E-state index in [1.807, 2.05) is 31.2 Å². The zero-order chi connectivity index (χ0) is 24.1. The highest BCUT2D eigenvalue weighted by Gasteiger charge is 2.36. The van der Waals surface area contributed by atoms with Crippen molar-refractivity contribution in [3.8, 4) is 0 Å². The van der Waals surface area contributed by atoms with Crippen LogP contribution in [-0.2, 0) is 9.53 Å². The Balaban J connectivity index is 1.45. The lowest BCUT2D eigenvalue weighted by Crippen LogP contribution is -2.56. The summed E-state index contributed by atoms with van der Waals surface area (Å²) in [4.78, 5) is 42.7. The van der Waals surface area contributed by atoms with Crippen molar-refractivity contribution in [3.05, 3.63) is 71.0 Å². The number of benzene rings is 2. The number of rotatable bonds is 5. The first-order valence-corrected chi connectivity index (χ1v) is 11.7. The van der Waals surface area contributed by atoms with E-state index in [-0.39, 0.29) is 17.7 Å². The van der Waals surface area contributed by atoms with Gasteiger partial charge in [0.2, 0.25) is 5.91 Å². The largest absolute Gasteiger partial charge is 0.378 e. The van der Waals surface area contributed by atoms with Gasteiger partial charge in [0.15, 0.2) is 0 Å². The Morgan fingerprint density at radius 3 is 2.09 bits per heavy atom. The normalized spacial score (nSPS) is 17.8. The molecule has 0 spiro atoms. The van der Waals surface area contributed by atoms with Gasteiger partial charge in [-0.25, -0.2) is 4.39 Å². The van der Waals surface area contributed by atoms with Gasteiger partial charge in [-0.1, -0.05) is 17.7 Å². The summed E-state index contributed by atoms with van der Waals surface area (Å²) < 4.78 is 18.6. The van der Waals surface area contributed by atoms with Gasteiger partial charge >= 0.3 is 0 Å². The van der Waals surface area contributed by atoms with Crippen molar-refractivity contribution >= 4 is 17.7 Å². The quantitative estimate of drug-likeness (QED) is 0.733. The molecule has 2 aliphatic rings. The molecule has 2 aromatic carbocycles. The summed E-state index contributed by atoms with van der Waals surface area (Å²) in [5.74, 6) is -1.11. The van der Waals surface area contributed by atoms with E-state index in [1.165, 1.54) is 24.3 Å². The predicted octanol–water partition coefficient (Wildman–Crippen LogP) is 2.64. The highest BCUT2D eigenvalue weighted by molar-refractivity contribution is 5.97. The molecule has 180 valence electrons. The Bertz CT molecular complexity index is 1010. The summed E-state index contributed by atoms with van der Waals surface area (Å²) in [5, 5.41) is 2.90. The molecular formula is C26H30FN3O4. The first-order chi connectivity index (χ1) is 16.4. The van der Waals surface area contributed by atoms with Crippen LogP contribution in [0, 0.1) is 18.7 Å². The molecule has 0 aromatic heterocycles. The van der Waals surface area contributed by atoms with Gasteiger partial charge in [0.05, 0.1) is 13.2 Å². The SMILES string of the molecule is Cc1ccc(C(=O)N2CCC([C@@H](NC(=O)c3ccc(F)cc3)C(=O)N3CCOCC3)CC2)cc1. The molecule has 2 aliphatic heterocycles. The number of carbonyl (C=O) groups is 3. The van der Waals surface area contributed by atoms with Crippen molar-refractivity contribution in [2.24, 2.45) is 5.92 Å². The minimum atomic E-state index is -0.715. The van der Waals surface area contributed by atoms with Crippen LogP contribution in [0.1, 0.15) is 39.1 Å². The Morgan fingerprint density at radius 1 is 0.882 bits per heavy atom. The first kappa shape index (κ1) is 23.9. The fraction of sp³-hybridized carbons (Fsp3) is 0.423. The third kappa shape index (κ3) is 5.62. The molecule has 0 unspecified atom stereocenters. The van der Waals surface area contributed by atoms with E-state index in [0.29, 0.717) is 63.4 Å². The number of ether oxygens (including phenoxy) is 1. The van der Waals surface area contributed by atoms with E-state index < -0.39 is 17.8 Å². The number of nitrogens with one attached hydrogen (secondary N) is 1. The standard InChI is InChI=1S/C26H30FN3O4/c1-18-2-4-21(5-3-18)25(32)29-12-10-19(11-13-29)23(26(33)30-14-16-34-17-15-30)28-24(31)20-6-8-22(27)9-7-20/h2-9,19,23H,10-17H2,1H3,(H,28,31)/t23-/m1/s1. The first-order valence-electron chi connectivity index (χ1n) is 11.7. The maximum atomic E-state index is 13.4. The number of amides is 3. The number of hydrogen-bond donors (Lipinski definition) is 1. The van der Waals surface area contributed by atoms with Crippen LogP contribution in [0.5, 0.6) is 0 Å². The average molecular weight is 468 g/mol. The molecule has 2 saturated heterocycles. The second-order valence-corrected chi connectivity index (χ2v) is 8.89. The second kappa shape index (κ2) is 10.8. The molecule has 1 atom stereocenters. The minimum Gasteiger partial charge on any atom is -0.378 e. The van der Waals surface area contributed by atoms with Crippen molar-refractivity contribution in [2.75, 3.05) is 39.4 Å². The Kier molecular flexibility index (Phi) is 7.57. The summed E-state index contributed by atoms with van der Waals surface area (Å²) >= 11 is 0. The molecule has 2 fully saturated rings. The van der Waals surface area contributed by atoms with Gasteiger partial charge in [0.25, 0.3) is 11.8 Å². The number of halogens is 1. The molecule has 0 radical (unpaired) electrons. The van der Waals surface area contributed by atoms with Gasteiger partial charge in [-0.2, -0.15) is 0 Å². The summed E-state index contributed by atoms with van der Waals surface area (Å²) in [7, 11) is 0. The van der Waals surface area contributed by atoms with Crippen LogP contribution >= 0.6 is 0 Å². The fourth-order valence-corrected chi connectivity index (χ4v) is 4.50. The molecule has 0 bridgehead atoms. The highest BCUT2D eigenvalue weighted by atomic mass is 19.1. The number of morpholine rings is 1. The van der Waals surface area contributed by atoms with E-state index in [9.17, 15) is 18.8 Å². The summed E-state index contributed by atoms with van der Waals surface area (Å²) in [6.45, 7) is 4.89. The molecular weight excluding hydrogens is 437 g/mol. The van der Waals surface area contributed by atoms with Crippen LogP contribution in [0.4, 0.5) is 4.39 Å². The molecule has 1 N–H and O–H groups in total. The molecule has 0 saturated carbocycles. The smallest absolute Gasteiger partial charge is 0.253 e. The van der Waals surface area contributed by atoms with E-state index in [4.69, 9.17) is 4.74 Å². The number of carbonyl (C=O) groups excluding carboxylic acids is 3. The Morgan fingerprint density at radius 2 is 1.47 bits per heavy atom. The van der Waals surface area contributed by atoms with Gasteiger partial charge < -0.3 is 19.9 Å². The van der Waals surface area contributed by atoms with Crippen LogP contribution < -0.4 is 5.32 Å². The van der Waals surface area contributed by atoms with E-state index in [1.54, 1.807) is 9.80 Å². The monoisotopic (exact) mass is 467 g/mol. The lowest BCUT2D eigenvalue weighted by atomic mass is 9.87. The maximum absolute atomic E-state index is 13.4. The van der Waals surface area contributed by atoms with Crippen LogP contribution in [0.3, 0.4) is 0 Å². The predicted molar refractivity (Wildman–Crippen MR) is 125 cm³/mol.